The zero-order chi connectivity index (χ0) is 27.2. The van der Waals surface area contributed by atoms with E-state index in [0.717, 1.165) is 31.1 Å². The van der Waals surface area contributed by atoms with Gasteiger partial charge in [0.2, 0.25) is 5.91 Å². The van der Waals surface area contributed by atoms with Crippen molar-refractivity contribution in [3.8, 4) is 0 Å². The highest BCUT2D eigenvalue weighted by Gasteiger charge is 2.44. The third-order valence-corrected chi connectivity index (χ3v) is 7.62. The van der Waals surface area contributed by atoms with Crippen LogP contribution in [0.2, 0.25) is 0 Å². The highest BCUT2D eigenvalue weighted by molar-refractivity contribution is 7.80. The summed E-state index contributed by atoms with van der Waals surface area (Å²) in [5, 5.41) is 3.28. The lowest BCUT2D eigenvalue weighted by atomic mass is 9.99. The van der Waals surface area contributed by atoms with E-state index in [4.69, 9.17) is 17.0 Å². The fourth-order valence-electron chi connectivity index (χ4n) is 4.85. The largest absolute Gasteiger partial charge is 0.462 e. The summed E-state index contributed by atoms with van der Waals surface area (Å²) in [5.74, 6) is -0.164. The van der Waals surface area contributed by atoms with Crippen molar-refractivity contribution in [1.29, 1.82) is 0 Å². The van der Waals surface area contributed by atoms with Gasteiger partial charge in [0.05, 0.1) is 24.3 Å². The topological polar surface area (TPSA) is 82.2 Å². The van der Waals surface area contributed by atoms with Crippen LogP contribution in [0.4, 0.5) is 11.4 Å². The first-order valence-corrected chi connectivity index (χ1v) is 13.7. The van der Waals surface area contributed by atoms with Crippen LogP contribution in [0.15, 0.2) is 48.5 Å². The predicted molar refractivity (Wildman–Crippen MR) is 152 cm³/mol. The minimum atomic E-state index is -0.689. The van der Waals surface area contributed by atoms with Crippen molar-refractivity contribution in [3.05, 3.63) is 59.7 Å². The number of carbonyl (C=O) groups excluding carboxylic acids is 3. The molecule has 2 fully saturated rings. The summed E-state index contributed by atoms with van der Waals surface area (Å²) in [5.41, 5.74) is 2.75. The Labute approximate surface area is 229 Å². The van der Waals surface area contributed by atoms with E-state index in [0.29, 0.717) is 35.2 Å². The predicted octanol–water partition coefficient (Wildman–Crippen LogP) is 4.23. The number of anilines is 2. The molecule has 0 spiro atoms. The maximum Gasteiger partial charge on any atom is 0.338 e. The van der Waals surface area contributed by atoms with E-state index in [1.165, 1.54) is 12.8 Å². The van der Waals surface area contributed by atoms with E-state index < -0.39 is 12.0 Å². The summed E-state index contributed by atoms with van der Waals surface area (Å²) in [6.07, 6.45) is 2.30. The molecule has 9 heteroatoms. The third kappa shape index (κ3) is 6.57. The van der Waals surface area contributed by atoms with Crippen molar-refractivity contribution < 1.29 is 19.1 Å². The molecule has 0 aliphatic carbocycles. The third-order valence-electron chi connectivity index (χ3n) is 7.20. The average molecular weight is 537 g/mol. The van der Waals surface area contributed by atoms with Crippen LogP contribution in [0.5, 0.6) is 0 Å². The van der Waals surface area contributed by atoms with Gasteiger partial charge in [-0.15, -0.1) is 0 Å². The van der Waals surface area contributed by atoms with Crippen LogP contribution in [-0.2, 0) is 14.3 Å². The minimum Gasteiger partial charge on any atom is -0.462 e. The van der Waals surface area contributed by atoms with Crippen LogP contribution in [-0.4, -0.2) is 71.5 Å². The number of ether oxygens (including phenoxy) is 1. The normalized spacial score (nSPS) is 18.7. The van der Waals surface area contributed by atoms with E-state index >= 15 is 0 Å². The second kappa shape index (κ2) is 12.5. The molecule has 0 aromatic heterocycles. The number of rotatable bonds is 9. The van der Waals surface area contributed by atoms with Gasteiger partial charge in [-0.2, -0.15) is 0 Å². The quantitative estimate of drug-likeness (QED) is 0.379. The number of carbonyl (C=O) groups is 3. The first-order valence-electron chi connectivity index (χ1n) is 13.3. The van der Waals surface area contributed by atoms with Gasteiger partial charge in [-0.1, -0.05) is 24.6 Å². The average Bonchev–Trinajstić information content (AvgIpc) is 3.13. The number of amides is 2. The van der Waals surface area contributed by atoms with Gasteiger partial charge in [0.15, 0.2) is 5.11 Å². The van der Waals surface area contributed by atoms with Gasteiger partial charge >= 0.3 is 5.97 Å². The van der Waals surface area contributed by atoms with Gasteiger partial charge in [-0.05, 0) is 94.3 Å². The molecule has 202 valence electrons. The molecule has 2 aliphatic rings. The second-order valence-corrected chi connectivity index (χ2v) is 10.4. The van der Waals surface area contributed by atoms with Crippen molar-refractivity contribution in [2.45, 2.75) is 46.1 Å². The molecular formula is C29H36N4O4S. The number of aryl methyl sites for hydroxylation is 1. The number of nitrogens with zero attached hydrogens (tertiary/aromatic N) is 3. The fourth-order valence-corrected chi connectivity index (χ4v) is 5.26. The van der Waals surface area contributed by atoms with Crippen LogP contribution in [0, 0.1) is 12.8 Å². The molecular weight excluding hydrogens is 500 g/mol. The smallest absolute Gasteiger partial charge is 0.338 e. The number of hydrogen-bond donors (Lipinski definition) is 1. The van der Waals surface area contributed by atoms with Crippen LogP contribution in [0.25, 0.3) is 0 Å². The lowest BCUT2D eigenvalue weighted by Crippen LogP contribution is -2.44. The Balaban J connectivity index is 1.47. The van der Waals surface area contributed by atoms with Gasteiger partial charge in [0.1, 0.15) is 6.04 Å². The molecule has 0 bridgehead atoms. The molecule has 38 heavy (non-hydrogen) atoms. The van der Waals surface area contributed by atoms with Crippen LogP contribution >= 0.6 is 12.2 Å². The Bertz CT molecular complexity index is 1160. The fraction of sp³-hybridized carbons (Fsp3) is 0.448. The molecule has 0 unspecified atom stereocenters. The summed E-state index contributed by atoms with van der Waals surface area (Å²) < 4.78 is 5.01. The van der Waals surface area contributed by atoms with Gasteiger partial charge in [0, 0.05) is 18.8 Å². The monoisotopic (exact) mass is 536 g/mol. The lowest BCUT2D eigenvalue weighted by Gasteiger charge is -2.32. The van der Waals surface area contributed by atoms with E-state index in [1.54, 1.807) is 36.1 Å². The lowest BCUT2D eigenvalue weighted by molar-refractivity contribution is -0.124. The Morgan fingerprint density at radius 1 is 1.03 bits per heavy atom. The van der Waals surface area contributed by atoms with Crippen molar-refractivity contribution in [3.63, 3.8) is 0 Å². The summed E-state index contributed by atoms with van der Waals surface area (Å²) in [4.78, 5) is 44.4. The zero-order valence-electron chi connectivity index (χ0n) is 22.3. The number of likely N-dealkylation sites (tertiary alicyclic amines) is 1. The number of benzene rings is 2. The highest BCUT2D eigenvalue weighted by atomic mass is 32.1. The van der Waals surface area contributed by atoms with Crippen molar-refractivity contribution >= 4 is 46.5 Å². The molecule has 2 aromatic carbocycles. The Morgan fingerprint density at radius 3 is 2.32 bits per heavy atom. The summed E-state index contributed by atoms with van der Waals surface area (Å²) in [7, 11) is 0. The van der Waals surface area contributed by atoms with Crippen LogP contribution in [0.3, 0.4) is 0 Å². The molecule has 0 radical (unpaired) electrons. The van der Waals surface area contributed by atoms with E-state index in [2.05, 4.69) is 17.1 Å². The maximum atomic E-state index is 13.6. The summed E-state index contributed by atoms with van der Waals surface area (Å²) in [6, 6.07) is 13.5. The molecule has 2 saturated heterocycles. The Hall–Kier alpha value is -3.30. The van der Waals surface area contributed by atoms with E-state index in [-0.39, 0.29) is 18.2 Å². The molecule has 8 nitrogen and oxygen atoms in total. The van der Waals surface area contributed by atoms with E-state index in [1.807, 2.05) is 36.1 Å². The summed E-state index contributed by atoms with van der Waals surface area (Å²) in [6.45, 7) is 9.74. The molecule has 2 aromatic rings. The molecule has 2 heterocycles. The zero-order valence-corrected chi connectivity index (χ0v) is 23.1. The number of piperidine rings is 1. The molecule has 2 aliphatic heterocycles. The van der Waals surface area contributed by atoms with Crippen LogP contribution in [0.1, 0.15) is 49.0 Å². The van der Waals surface area contributed by atoms with Gasteiger partial charge < -0.3 is 19.9 Å². The number of thiocarbonyl (C=S) groups is 1. The van der Waals surface area contributed by atoms with Crippen molar-refractivity contribution in [1.82, 2.24) is 9.80 Å². The number of esters is 1. The molecule has 0 saturated carbocycles. The van der Waals surface area contributed by atoms with E-state index in [9.17, 15) is 14.4 Å². The van der Waals surface area contributed by atoms with Crippen molar-refractivity contribution in [2.75, 3.05) is 43.0 Å². The Kier molecular flexibility index (Phi) is 9.12. The standard InChI is InChI=1S/C29H36N4O4S/c1-4-37-28(36)22-7-9-23(10-8-22)30-26(34)19-25-27(35)33(24-11-5-20(2)6-12-24)29(38)32(25)18-17-31-15-13-21(3)14-16-31/h5-12,21,25H,4,13-19H2,1-3H3,(H,30,34)/t25-/m1/s1. The Morgan fingerprint density at radius 2 is 1.68 bits per heavy atom. The van der Waals surface area contributed by atoms with Gasteiger partial charge in [-0.3, -0.25) is 14.5 Å². The second-order valence-electron chi connectivity index (χ2n) is 10.1. The molecule has 1 N–H and O–H groups in total. The summed E-state index contributed by atoms with van der Waals surface area (Å²) >= 11 is 5.80. The van der Waals surface area contributed by atoms with Gasteiger partial charge in [0.25, 0.3) is 5.91 Å². The van der Waals surface area contributed by atoms with Gasteiger partial charge in [-0.25, -0.2) is 4.79 Å². The first-order chi connectivity index (χ1) is 18.3. The first kappa shape index (κ1) is 27.7. The number of hydrogen-bond acceptors (Lipinski definition) is 6. The maximum absolute atomic E-state index is 13.6. The molecule has 4 rings (SSSR count). The van der Waals surface area contributed by atoms with Crippen LogP contribution < -0.4 is 10.2 Å². The minimum absolute atomic E-state index is 0.0298. The SMILES string of the molecule is CCOC(=O)c1ccc(NC(=O)C[C@@H]2C(=O)N(c3ccc(C)cc3)C(=S)N2CCN2CCC(C)CC2)cc1. The molecule has 1 atom stereocenters. The number of nitrogens with one attached hydrogen (secondary N) is 1. The molecule has 2 amide bonds. The van der Waals surface area contributed by atoms with Crippen molar-refractivity contribution in [2.24, 2.45) is 5.92 Å². The highest BCUT2D eigenvalue weighted by Crippen LogP contribution is 2.28.